The second-order valence-electron chi connectivity index (χ2n) is 7.97. The molecule has 9 heteroatoms. The van der Waals surface area contributed by atoms with E-state index in [1.807, 2.05) is 31.2 Å². The van der Waals surface area contributed by atoms with Crippen molar-refractivity contribution < 1.29 is 18.8 Å². The normalized spacial score (nSPS) is 17.0. The van der Waals surface area contributed by atoms with Gasteiger partial charge in [-0.05, 0) is 36.8 Å². The molecule has 1 aliphatic heterocycles. The smallest absolute Gasteiger partial charge is 0.238 e. The van der Waals surface area contributed by atoms with Crippen molar-refractivity contribution in [3.8, 4) is 5.75 Å². The molecule has 0 bridgehead atoms. The standard InChI is InChI=1S/C23H30ClN3O4S/c1-17-7-8-19(24)20(13-17)25-23(29)15-27-11-9-26(10-12-27)14-18(28)16-31-21-5-3-4-6-22(21)32(2)30/h3-8,13,18,28H,9-12,14-16H2,1-2H3,(H,25,29). The fraction of sp³-hybridized carbons (Fsp3) is 0.435. The Kier molecular flexibility index (Phi) is 9.07. The van der Waals surface area contributed by atoms with E-state index in [-0.39, 0.29) is 12.5 Å². The maximum Gasteiger partial charge on any atom is 0.238 e. The molecule has 0 aliphatic carbocycles. The van der Waals surface area contributed by atoms with Gasteiger partial charge in [-0.25, -0.2) is 0 Å². The van der Waals surface area contributed by atoms with Crippen LogP contribution in [0.5, 0.6) is 5.75 Å². The molecule has 0 aromatic heterocycles. The van der Waals surface area contributed by atoms with Crippen LogP contribution in [0.15, 0.2) is 47.4 Å². The van der Waals surface area contributed by atoms with Gasteiger partial charge in [0.1, 0.15) is 18.5 Å². The summed E-state index contributed by atoms with van der Waals surface area (Å²) in [5.74, 6) is 0.447. The van der Waals surface area contributed by atoms with Crippen molar-refractivity contribution in [2.45, 2.75) is 17.9 Å². The summed E-state index contributed by atoms with van der Waals surface area (Å²) in [6.45, 7) is 5.85. The molecule has 0 spiro atoms. The average molecular weight is 480 g/mol. The molecule has 1 amide bonds. The molecule has 2 N–H and O–H groups in total. The zero-order valence-electron chi connectivity index (χ0n) is 18.4. The van der Waals surface area contributed by atoms with Gasteiger partial charge in [0.05, 0.1) is 32.9 Å². The number of nitrogens with one attached hydrogen (secondary N) is 1. The maximum absolute atomic E-state index is 12.4. The number of benzene rings is 2. The highest BCUT2D eigenvalue weighted by atomic mass is 35.5. The molecule has 1 fully saturated rings. The number of β-amino-alcohol motifs (C(OH)–C–C–N with tert-alkyl or cyclic N) is 1. The molecule has 174 valence electrons. The van der Waals surface area contributed by atoms with Crippen molar-refractivity contribution in [1.29, 1.82) is 0 Å². The van der Waals surface area contributed by atoms with Crippen LogP contribution in [0.3, 0.4) is 0 Å². The van der Waals surface area contributed by atoms with Crippen molar-refractivity contribution in [2.75, 3.05) is 57.4 Å². The number of para-hydroxylation sites is 1. The van der Waals surface area contributed by atoms with E-state index in [1.54, 1.807) is 24.5 Å². The molecular formula is C23H30ClN3O4S. The first kappa shape index (κ1) is 24.7. The van der Waals surface area contributed by atoms with E-state index in [9.17, 15) is 14.1 Å². The number of halogens is 1. The van der Waals surface area contributed by atoms with Crippen LogP contribution < -0.4 is 10.1 Å². The Balaban J connectivity index is 1.39. The van der Waals surface area contributed by atoms with Crippen LogP contribution in [0.25, 0.3) is 0 Å². The average Bonchev–Trinajstić information content (AvgIpc) is 2.76. The van der Waals surface area contributed by atoms with Gasteiger partial charge in [0.15, 0.2) is 0 Å². The minimum absolute atomic E-state index is 0.0913. The van der Waals surface area contributed by atoms with Crippen molar-refractivity contribution in [3.63, 3.8) is 0 Å². The molecule has 7 nitrogen and oxygen atoms in total. The van der Waals surface area contributed by atoms with Gasteiger partial charge in [0, 0.05) is 39.0 Å². The first-order valence-corrected chi connectivity index (χ1v) is 12.5. The van der Waals surface area contributed by atoms with Crippen LogP contribution in [0.1, 0.15) is 5.56 Å². The molecular weight excluding hydrogens is 450 g/mol. The second-order valence-corrected chi connectivity index (χ2v) is 9.73. The maximum atomic E-state index is 12.4. The number of ether oxygens (including phenoxy) is 1. The molecule has 2 atom stereocenters. The van der Waals surface area contributed by atoms with Gasteiger partial charge in [0.25, 0.3) is 0 Å². The monoisotopic (exact) mass is 479 g/mol. The van der Waals surface area contributed by atoms with Gasteiger partial charge in [-0.15, -0.1) is 0 Å². The van der Waals surface area contributed by atoms with E-state index >= 15 is 0 Å². The molecule has 2 unspecified atom stereocenters. The molecule has 32 heavy (non-hydrogen) atoms. The highest BCUT2D eigenvalue weighted by Crippen LogP contribution is 2.23. The SMILES string of the molecule is Cc1ccc(Cl)c(NC(=O)CN2CCN(CC(O)COc3ccccc3S(C)=O)CC2)c1. The van der Waals surface area contributed by atoms with E-state index in [4.69, 9.17) is 16.3 Å². The first-order valence-electron chi connectivity index (χ1n) is 10.6. The number of aryl methyl sites for hydroxylation is 1. The van der Waals surface area contributed by atoms with Crippen molar-refractivity contribution in [1.82, 2.24) is 9.80 Å². The summed E-state index contributed by atoms with van der Waals surface area (Å²) in [5.41, 5.74) is 1.67. The summed E-state index contributed by atoms with van der Waals surface area (Å²) in [6.07, 6.45) is 0.945. The number of anilines is 1. The topological polar surface area (TPSA) is 82.1 Å². The Morgan fingerprint density at radius 2 is 1.88 bits per heavy atom. The van der Waals surface area contributed by atoms with Gasteiger partial charge in [0.2, 0.25) is 5.91 Å². The van der Waals surface area contributed by atoms with Crippen LogP contribution in [0.2, 0.25) is 5.02 Å². The lowest BCUT2D eigenvalue weighted by Gasteiger charge is -2.35. The Labute approximate surface area is 196 Å². The Hall–Kier alpha value is -1.97. The minimum Gasteiger partial charge on any atom is -0.490 e. The molecule has 1 heterocycles. The largest absolute Gasteiger partial charge is 0.490 e. The van der Waals surface area contributed by atoms with Crippen LogP contribution >= 0.6 is 11.6 Å². The van der Waals surface area contributed by atoms with E-state index < -0.39 is 16.9 Å². The third-order valence-electron chi connectivity index (χ3n) is 5.29. The quantitative estimate of drug-likeness (QED) is 0.574. The second kappa shape index (κ2) is 11.8. The fourth-order valence-electron chi connectivity index (χ4n) is 3.60. The lowest BCUT2D eigenvalue weighted by molar-refractivity contribution is -0.117. The minimum atomic E-state index is -1.15. The molecule has 0 saturated carbocycles. The fourth-order valence-corrected chi connectivity index (χ4v) is 4.45. The van der Waals surface area contributed by atoms with Crippen molar-refractivity contribution in [3.05, 3.63) is 53.1 Å². The van der Waals surface area contributed by atoms with Gasteiger partial charge in [-0.3, -0.25) is 18.8 Å². The lowest BCUT2D eigenvalue weighted by Crippen LogP contribution is -2.50. The van der Waals surface area contributed by atoms with E-state index in [1.165, 1.54) is 0 Å². The van der Waals surface area contributed by atoms with Crippen molar-refractivity contribution in [2.24, 2.45) is 0 Å². The van der Waals surface area contributed by atoms with Gasteiger partial charge in [-0.1, -0.05) is 29.8 Å². The summed E-state index contributed by atoms with van der Waals surface area (Å²) in [6, 6.07) is 12.7. The molecule has 2 aromatic carbocycles. The summed E-state index contributed by atoms with van der Waals surface area (Å²) < 4.78 is 17.5. The Morgan fingerprint density at radius 3 is 2.59 bits per heavy atom. The van der Waals surface area contributed by atoms with E-state index in [0.29, 0.717) is 34.4 Å². The number of nitrogens with zero attached hydrogens (tertiary/aromatic N) is 2. The number of piperazine rings is 1. The first-order chi connectivity index (χ1) is 15.3. The van der Waals surface area contributed by atoms with Gasteiger partial charge < -0.3 is 15.2 Å². The number of hydrogen-bond acceptors (Lipinski definition) is 6. The summed E-state index contributed by atoms with van der Waals surface area (Å²) >= 11 is 6.16. The van der Waals surface area contributed by atoms with Crippen LogP contribution in [0.4, 0.5) is 5.69 Å². The third kappa shape index (κ3) is 7.28. The number of carbonyl (C=O) groups is 1. The molecule has 3 rings (SSSR count). The van der Waals surface area contributed by atoms with E-state index in [2.05, 4.69) is 15.1 Å². The van der Waals surface area contributed by atoms with Crippen LogP contribution in [-0.2, 0) is 15.6 Å². The third-order valence-corrected chi connectivity index (χ3v) is 6.57. The lowest BCUT2D eigenvalue weighted by atomic mass is 10.2. The number of carbonyl (C=O) groups excluding carboxylic acids is 1. The summed E-state index contributed by atoms with van der Waals surface area (Å²) in [7, 11) is -1.15. The number of hydrogen-bond donors (Lipinski definition) is 2. The van der Waals surface area contributed by atoms with E-state index in [0.717, 1.165) is 31.7 Å². The number of amides is 1. The zero-order valence-corrected chi connectivity index (χ0v) is 20.0. The Bertz CT molecular complexity index is 951. The molecule has 1 saturated heterocycles. The predicted molar refractivity (Wildman–Crippen MR) is 128 cm³/mol. The van der Waals surface area contributed by atoms with Gasteiger partial charge in [-0.2, -0.15) is 0 Å². The number of aliphatic hydroxyl groups excluding tert-OH is 1. The number of aliphatic hydroxyl groups is 1. The molecule has 0 radical (unpaired) electrons. The summed E-state index contributed by atoms with van der Waals surface area (Å²) in [5, 5.41) is 13.8. The molecule has 1 aliphatic rings. The Morgan fingerprint density at radius 1 is 1.19 bits per heavy atom. The summed E-state index contributed by atoms with van der Waals surface area (Å²) in [4.78, 5) is 17.3. The highest BCUT2D eigenvalue weighted by Gasteiger charge is 2.21. The number of rotatable bonds is 9. The zero-order chi connectivity index (χ0) is 23.1. The van der Waals surface area contributed by atoms with Crippen LogP contribution in [-0.4, -0.2) is 83.3 Å². The predicted octanol–water partition coefficient (Wildman–Crippen LogP) is 2.38. The highest BCUT2D eigenvalue weighted by molar-refractivity contribution is 7.84. The van der Waals surface area contributed by atoms with Crippen molar-refractivity contribution >= 4 is 34.0 Å². The molecule has 2 aromatic rings. The van der Waals surface area contributed by atoms with Crippen LogP contribution in [0, 0.1) is 6.92 Å². The van der Waals surface area contributed by atoms with Gasteiger partial charge >= 0.3 is 0 Å².